The van der Waals surface area contributed by atoms with Crippen molar-refractivity contribution in [3.8, 4) is 11.5 Å². The molecule has 24 heavy (non-hydrogen) atoms. The van der Waals surface area contributed by atoms with Crippen LogP contribution in [0.5, 0.6) is 11.5 Å². The fourth-order valence-corrected chi connectivity index (χ4v) is 2.36. The Morgan fingerprint density at radius 3 is 2.21 bits per heavy atom. The molecule has 4 heteroatoms. The molecule has 0 saturated heterocycles. The van der Waals surface area contributed by atoms with Gasteiger partial charge in [0.15, 0.2) is 5.78 Å². The number of aryl methyl sites for hydroxylation is 1. The Labute approximate surface area is 142 Å². The molecule has 2 N–H and O–H groups in total. The number of hydrogen-bond donors (Lipinski definition) is 2. The van der Waals surface area contributed by atoms with Crippen LogP contribution in [-0.2, 0) is 16.0 Å². The smallest absolute Gasteiger partial charge is 0.158 e. The molecule has 1 unspecified atom stereocenters. The third-order valence-corrected chi connectivity index (χ3v) is 3.81. The molecule has 0 amide bonds. The predicted octanol–water partition coefficient (Wildman–Crippen LogP) is 3.72. The van der Waals surface area contributed by atoms with Crippen LogP contribution in [0.4, 0.5) is 0 Å². The van der Waals surface area contributed by atoms with Crippen molar-refractivity contribution in [1.29, 1.82) is 0 Å². The summed E-state index contributed by atoms with van der Waals surface area (Å²) in [6.07, 6.45) is 4.97. The van der Waals surface area contributed by atoms with Crippen molar-refractivity contribution in [3.63, 3.8) is 0 Å². The van der Waals surface area contributed by atoms with Crippen LogP contribution in [-0.4, -0.2) is 29.2 Å². The maximum atomic E-state index is 12.1. The van der Waals surface area contributed by atoms with E-state index in [9.17, 15) is 15.0 Å². The van der Waals surface area contributed by atoms with E-state index in [0.717, 1.165) is 24.0 Å². The highest BCUT2D eigenvalue weighted by atomic mass is 16.5. The number of rotatable bonds is 8. The van der Waals surface area contributed by atoms with E-state index in [4.69, 9.17) is 4.74 Å². The Morgan fingerprint density at radius 2 is 1.62 bits per heavy atom. The lowest BCUT2D eigenvalue weighted by atomic mass is 10.0. The molecular formula is C20H22O4. The van der Waals surface area contributed by atoms with E-state index < -0.39 is 0 Å². The Hall–Kier alpha value is -2.59. The van der Waals surface area contributed by atoms with Gasteiger partial charge in [-0.3, -0.25) is 4.79 Å². The highest BCUT2D eigenvalue weighted by Crippen LogP contribution is 2.15. The van der Waals surface area contributed by atoms with E-state index in [0.29, 0.717) is 6.42 Å². The van der Waals surface area contributed by atoms with Crippen molar-refractivity contribution in [3.05, 3.63) is 65.7 Å². The Kier molecular flexibility index (Phi) is 6.58. The molecule has 2 aromatic carbocycles. The monoisotopic (exact) mass is 326 g/mol. The average Bonchev–Trinajstić information content (AvgIpc) is 2.59. The van der Waals surface area contributed by atoms with Gasteiger partial charge in [0.2, 0.25) is 0 Å². The fourth-order valence-electron chi connectivity index (χ4n) is 2.36. The third kappa shape index (κ3) is 5.89. The second-order valence-corrected chi connectivity index (χ2v) is 5.66. The summed E-state index contributed by atoms with van der Waals surface area (Å²) < 4.78 is 5.40. The first-order valence-electron chi connectivity index (χ1n) is 7.87. The molecule has 0 heterocycles. The lowest BCUT2D eigenvalue weighted by Gasteiger charge is -2.13. The van der Waals surface area contributed by atoms with Crippen LogP contribution in [0, 0.1) is 0 Å². The minimum absolute atomic E-state index is 0.000584. The van der Waals surface area contributed by atoms with Crippen molar-refractivity contribution in [2.24, 2.45) is 0 Å². The molecule has 0 aromatic heterocycles. The lowest BCUT2D eigenvalue weighted by molar-refractivity contribution is -0.116. The molecule has 1 atom stereocenters. The standard InChI is InChI=1S/C20H22O4/c1-24-20(13-7-16-4-10-18(22)11-5-16)14-19(23)12-6-15-2-8-17(21)9-3-15/h2-6,8-12,20-22H,7,13-14H2,1H3/b12-6+. The van der Waals surface area contributed by atoms with Crippen molar-refractivity contribution >= 4 is 11.9 Å². The highest BCUT2D eigenvalue weighted by Gasteiger charge is 2.11. The lowest BCUT2D eigenvalue weighted by Crippen LogP contribution is -2.16. The Balaban J connectivity index is 1.83. The number of benzene rings is 2. The van der Waals surface area contributed by atoms with Crippen LogP contribution in [0.2, 0.25) is 0 Å². The quantitative estimate of drug-likeness (QED) is 0.726. The molecule has 2 aromatic rings. The maximum Gasteiger partial charge on any atom is 0.158 e. The average molecular weight is 326 g/mol. The molecule has 126 valence electrons. The highest BCUT2D eigenvalue weighted by molar-refractivity contribution is 5.93. The van der Waals surface area contributed by atoms with E-state index in [-0.39, 0.29) is 23.4 Å². The number of phenols is 2. The summed E-state index contributed by atoms with van der Waals surface area (Å²) in [7, 11) is 1.61. The van der Waals surface area contributed by atoms with Crippen LogP contribution < -0.4 is 0 Å². The van der Waals surface area contributed by atoms with Crippen molar-refractivity contribution in [1.82, 2.24) is 0 Å². The molecule has 0 saturated carbocycles. The molecule has 2 rings (SSSR count). The second kappa shape index (κ2) is 8.89. The zero-order valence-electron chi connectivity index (χ0n) is 13.7. The first-order valence-corrected chi connectivity index (χ1v) is 7.87. The fraction of sp³-hybridized carbons (Fsp3) is 0.250. The van der Waals surface area contributed by atoms with Gasteiger partial charge in [-0.2, -0.15) is 0 Å². The minimum Gasteiger partial charge on any atom is -0.508 e. The zero-order valence-corrected chi connectivity index (χ0v) is 13.7. The van der Waals surface area contributed by atoms with E-state index in [2.05, 4.69) is 0 Å². The predicted molar refractivity (Wildman–Crippen MR) is 94.0 cm³/mol. The van der Waals surface area contributed by atoms with Gasteiger partial charge in [-0.25, -0.2) is 0 Å². The van der Waals surface area contributed by atoms with Crippen LogP contribution >= 0.6 is 0 Å². The van der Waals surface area contributed by atoms with Crippen molar-refractivity contribution in [2.75, 3.05) is 7.11 Å². The van der Waals surface area contributed by atoms with Gasteiger partial charge >= 0.3 is 0 Å². The summed E-state index contributed by atoms with van der Waals surface area (Å²) in [5.41, 5.74) is 1.96. The maximum absolute atomic E-state index is 12.1. The second-order valence-electron chi connectivity index (χ2n) is 5.66. The largest absolute Gasteiger partial charge is 0.508 e. The molecule has 0 aliphatic heterocycles. The number of carbonyl (C=O) groups is 1. The summed E-state index contributed by atoms with van der Waals surface area (Å²) in [4.78, 5) is 12.1. The SMILES string of the molecule is COC(CCc1ccc(O)cc1)CC(=O)/C=C/c1ccc(O)cc1. The summed E-state index contributed by atoms with van der Waals surface area (Å²) >= 11 is 0. The first-order chi connectivity index (χ1) is 11.6. The summed E-state index contributed by atoms with van der Waals surface area (Å²) in [6.45, 7) is 0. The van der Waals surface area contributed by atoms with Gasteiger partial charge in [0.25, 0.3) is 0 Å². The van der Waals surface area contributed by atoms with Gasteiger partial charge in [0.05, 0.1) is 6.10 Å². The number of aromatic hydroxyl groups is 2. The van der Waals surface area contributed by atoms with Gasteiger partial charge in [0.1, 0.15) is 11.5 Å². The summed E-state index contributed by atoms with van der Waals surface area (Å²) in [6, 6.07) is 13.7. The number of methoxy groups -OCH3 is 1. The van der Waals surface area contributed by atoms with Crippen LogP contribution in [0.25, 0.3) is 6.08 Å². The molecule has 0 aliphatic carbocycles. The molecule has 0 radical (unpaired) electrons. The Bertz CT molecular complexity index is 672. The van der Waals surface area contributed by atoms with Crippen LogP contribution in [0.15, 0.2) is 54.6 Å². The van der Waals surface area contributed by atoms with Crippen molar-refractivity contribution < 1.29 is 19.7 Å². The number of carbonyl (C=O) groups excluding carboxylic acids is 1. The van der Waals surface area contributed by atoms with Gasteiger partial charge in [-0.05, 0) is 54.3 Å². The number of hydrogen-bond acceptors (Lipinski definition) is 4. The number of phenolic OH excluding ortho intramolecular Hbond substituents is 2. The normalized spacial score (nSPS) is 12.4. The van der Waals surface area contributed by atoms with Gasteiger partial charge < -0.3 is 14.9 Å². The van der Waals surface area contributed by atoms with Crippen molar-refractivity contribution in [2.45, 2.75) is 25.4 Å². The first kappa shape index (κ1) is 17.8. The molecule has 0 bridgehead atoms. The topological polar surface area (TPSA) is 66.8 Å². The van der Waals surface area contributed by atoms with Gasteiger partial charge in [0, 0.05) is 13.5 Å². The Morgan fingerprint density at radius 1 is 1.04 bits per heavy atom. The zero-order chi connectivity index (χ0) is 17.4. The van der Waals surface area contributed by atoms with E-state index >= 15 is 0 Å². The molecular weight excluding hydrogens is 304 g/mol. The molecule has 0 fully saturated rings. The van der Waals surface area contributed by atoms with E-state index in [1.54, 1.807) is 55.7 Å². The number of ether oxygens (including phenoxy) is 1. The summed E-state index contributed by atoms with van der Waals surface area (Å²) in [5, 5.41) is 18.5. The van der Waals surface area contributed by atoms with Crippen LogP contribution in [0.1, 0.15) is 24.0 Å². The van der Waals surface area contributed by atoms with Gasteiger partial charge in [-0.15, -0.1) is 0 Å². The van der Waals surface area contributed by atoms with E-state index in [1.807, 2.05) is 12.1 Å². The minimum atomic E-state index is -0.143. The van der Waals surface area contributed by atoms with Gasteiger partial charge in [-0.1, -0.05) is 30.3 Å². The van der Waals surface area contributed by atoms with E-state index in [1.165, 1.54) is 0 Å². The number of ketones is 1. The molecule has 0 spiro atoms. The third-order valence-electron chi connectivity index (χ3n) is 3.81. The van der Waals surface area contributed by atoms with Crippen LogP contribution in [0.3, 0.4) is 0 Å². The number of allylic oxidation sites excluding steroid dienone is 1. The molecule has 0 aliphatic rings. The molecule has 4 nitrogen and oxygen atoms in total. The summed E-state index contributed by atoms with van der Waals surface area (Å²) in [5.74, 6) is 0.448.